The summed E-state index contributed by atoms with van der Waals surface area (Å²) in [4.78, 5) is 12.5. The second kappa shape index (κ2) is 8.25. The summed E-state index contributed by atoms with van der Waals surface area (Å²) in [6.45, 7) is 3.22. The van der Waals surface area contributed by atoms with Crippen LogP contribution in [0.25, 0.3) is 0 Å². The lowest BCUT2D eigenvalue weighted by atomic mass is 9.79. The van der Waals surface area contributed by atoms with Crippen LogP contribution in [0, 0.1) is 5.41 Å². The van der Waals surface area contributed by atoms with Gasteiger partial charge >= 0.3 is 0 Å². The Kier molecular flexibility index (Phi) is 6.57. The topological polar surface area (TPSA) is 68.8 Å². The van der Waals surface area contributed by atoms with Gasteiger partial charge in [0, 0.05) is 24.6 Å². The molecule has 0 aliphatic carbocycles. The van der Waals surface area contributed by atoms with Crippen molar-refractivity contribution >= 4 is 29.9 Å². The van der Waals surface area contributed by atoms with Gasteiger partial charge in [0.15, 0.2) is 11.5 Å². The average molecular weight is 377 g/mol. The van der Waals surface area contributed by atoms with E-state index in [1.54, 1.807) is 19.2 Å². The zero-order valence-corrected chi connectivity index (χ0v) is 15.1. The fourth-order valence-electron chi connectivity index (χ4n) is 3.10. The Bertz CT molecular complexity index is 586. The molecule has 3 rings (SSSR count). The van der Waals surface area contributed by atoms with Crippen molar-refractivity contribution in [3.63, 3.8) is 0 Å². The van der Waals surface area contributed by atoms with Crippen molar-refractivity contribution in [2.45, 2.75) is 12.8 Å². The normalized spacial score (nSPS) is 17.9. The van der Waals surface area contributed by atoms with Crippen LogP contribution >= 0.6 is 24.0 Å². The summed E-state index contributed by atoms with van der Waals surface area (Å²) in [5, 5.41) is 6.74. The van der Waals surface area contributed by atoms with Gasteiger partial charge in [0.2, 0.25) is 6.79 Å². The first-order chi connectivity index (χ1) is 11.1. The maximum Gasteiger partial charge on any atom is 0.251 e. The number of amides is 1. The average Bonchev–Trinajstić information content (AvgIpc) is 3.03. The number of carbonyl (C=O) groups is 1. The lowest BCUT2D eigenvalue weighted by molar-refractivity contribution is 0.0511. The molecule has 0 unspecified atom stereocenters. The molecule has 0 aromatic heterocycles. The predicted molar refractivity (Wildman–Crippen MR) is 93.6 cm³/mol. The van der Waals surface area contributed by atoms with Gasteiger partial charge in [0.05, 0.1) is 11.6 Å². The zero-order valence-electron chi connectivity index (χ0n) is 13.5. The van der Waals surface area contributed by atoms with Crippen molar-refractivity contribution < 1.29 is 19.0 Å². The third-order valence-corrected chi connectivity index (χ3v) is 4.71. The Labute approximate surface area is 152 Å². The smallest absolute Gasteiger partial charge is 0.251 e. The molecule has 8 heteroatoms. The first-order valence-corrected chi connectivity index (χ1v) is 8.08. The van der Waals surface area contributed by atoms with E-state index in [4.69, 9.17) is 25.8 Å². The molecule has 0 saturated carbocycles. The van der Waals surface area contributed by atoms with Gasteiger partial charge in [0.25, 0.3) is 5.91 Å². The summed E-state index contributed by atoms with van der Waals surface area (Å²) < 4.78 is 15.9. The van der Waals surface area contributed by atoms with E-state index in [0.29, 0.717) is 35.2 Å². The van der Waals surface area contributed by atoms with Crippen LogP contribution in [0.3, 0.4) is 0 Å². The standard InChI is InChI=1S/C16H21ClN2O4.ClH/c1-21-9-16(2-4-18-5-3-16)8-19-15(20)11-6-12(17)14-13(7-11)22-10-23-14;/h6-7,18H,2-5,8-10H2,1H3,(H,19,20);1H. The Balaban J connectivity index is 0.00000208. The molecular formula is C16H22Cl2N2O4. The van der Waals surface area contributed by atoms with Crippen molar-refractivity contribution in [1.29, 1.82) is 0 Å². The number of benzene rings is 1. The summed E-state index contributed by atoms with van der Waals surface area (Å²) in [6.07, 6.45) is 1.95. The number of piperidine rings is 1. The molecule has 0 radical (unpaired) electrons. The molecule has 6 nitrogen and oxygen atoms in total. The molecular weight excluding hydrogens is 355 g/mol. The molecule has 1 amide bonds. The minimum atomic E-state index is -0.167. The minimum Gasteiger partial charge on any atom is -0.454 e. The fraction of sp³-hybridized carbons (Fsp3) is 0.562. The van der Waals surface area contributed by atoms with E-state index in [0.717, 1.165) is 25.9 Å². The second-order valence-corrected chi connectivity index (χ2v) is 6.46. The number of hydrogen-bond donors (Lipinski definition) is 2. The highest BCUT2D eigenvalue weighted by atomic mass is 35.5. The summed E-state index contributed by atoms with van der Waals surface area (Å²) >= 11 is 6.13. The van der Waals surface area contributed by atoms with Gasteiger partial charge in [-0.2, -0.15) is 0 Å². The molecule has 0 spiro atoms. The maximum absolute atomic E-state index is 12.5. The number of fused-ring (bicyclic) bond motifs is 1. The molecule has 0 bridgehead atoms. The first-order valence-electron chi connectivity index (χ1n) is 7.71. The van der Waals surface area contributed by atoms with E-state index in [9.17, 15) is 4.79 Å². The highest BCUT2D eigenvalue weighted by molar-refractivity contribution is 6.32. The molecule has 1 aromatic rings. The van der Waals surface area contributed by atoms with Gasteiger partial charge in [-0.3, -0.25) is 4.79 Å². The van der Waals surface area contributed by atoms with Crippen LogP contribution in [0.2, 0.25) is 5.02 Å². The highest BCUT2D eigenvalue weighted by Crippen LogP contribution is 2.39. The van der Waals surface area contributed by atoms with Gasteiger partial charge in [-0.15, -0.1) is 12.4 Å². The van der Waals surface area contributed by atoms with Gasteiger partial charge in [-0.05, 0) is 38.1 Å². The molecule has 1 saturated heterocycles. The van der Waals surface area contributed by atoms with Gasteiger partial charge in [-0.25, -0.2) is 0 Å². The molecule has 2 aliphatic rings. The monoisotopic (exact) mass is 376 g/mol. The number of halogens is 2. The van der Waals surface area contributed by atoms with Crippen LogP contribution in [0.5, 0.6) is 11.5 Å². The van der Waals surface area contributed by atoms with Crippen molar-refractivity contribution in [2.75, 3.05) is 40.1 Å². The molecule has 2 N–H and O–H groups in total. The van der Waals surface area contributed by atoms with E-state index in [-0.39, 0.29) is 30.5 Å². The van der Waals surface area contributed by atoms with Crippen LogP contribution in [0.4, 0.5) is 0 Å². The van der Waals surface area contributed by atoms with Crippen LogP contribution in [-0.4, -0.2) is 46.1 Å². The van der Waals surface area contributed by atoms with E-state index < -0.39 is 0 Å². The summed E-state index contributed by atoms with van der Waals surface area (Å²) in [6, 6.07) is 3.27. The molecule has 24 heavy (non-hydrogen) atoms. The van der Waals surface area contributed by atoms with Crippen molar-refractivity contribution in [1.82, 2.24) is 10.6 Å². The van der Waals surface area contributed by atoms with Crippen molar-refractivity contribution in [3.05, 3.63) is 22.7 Å². The lowest BCUT2D eigenvalue weighted by Crippen LogP contribution is -2.47. The second-order valence-electron chi connectivity index (χ2n) is 6.06. The summed E-state index contributed by atoms with van der Waals surface area (Å²) in [5.41, 5.74) is 0.455. The van der Waals surface area contributed by atoms with Gasteiger partial charge < -0.3 is 24.8 Å². The molecule has 1 aromatic carbocycles. The summed E-state index contributed by atoms with van der Waals surface area (Å²) in [5.74, 6) is 0.841. The van der Waals surface area contributed by atoms with Crippen LogP contribution in [0.15, 0.2) is 12.1 Å². The van der Waals surface area contributed by atoms with Crippen LogP contribution < -0.4 is 20.1 Å². The van der Waals surface area contributed by atoms with E-state index in [2.05, 4.69) is 10.6 Å². The van der Waals surface area contributed by atoms with E-state index in [1.807, 2.05) is 0 Å². The zero-order chi connectivity index (χ0) is 16.3. The quantitative estimate of drug-likeness (QED) is 0.824. The first kappa shape index (κ1) is 19.1. The Hall–Kier alpha value is -1.21. The molecule has 134 valence electrons. The van der Waals surface area contributed by atoms with Crippen LogP contribution in [0.1, 0.15) is 23.2 Å². The number of carbonyl (C=O) groups excluding carboxylic acids is 1. The number of rotatable bonds is 5. The van der Waals surface area contributed by atoms with Crippen LogP contribution in [-0.2, 0) is 4.74 Å². The number of hydrogen-bond acceptors (Lipinski definition) is 5. The maximum atomic E-state index is 12.5. The Morgan fingerprint density at radius 3 is 2.83 bits per heavy atom. The van der Waals surface area contributed by atoms with Crippen molar-refractivity contribution in [2.24, 2.45) is 5.41 Å². The Morgan fingerprint density at radius 1 is 1.38 bits per heavy atom. The third kappa shape index (κ3) is 4.06. The molecule has 1 fully saturated rings. The summed E-state index contributed by atoms with van der Waals surface area (Å²) in [7, 11) is 1.70. The number of nitrogens with one attached hydrogen (secondary N) is 2. The number of methoxy groups -OCH3 is 1. The third-order valence-electron chi connectivity index (χ3n) is 4.43. The predicted octanol–water partition coefficient (Wildman–Crippen LogP) is 2.24. The van der Waals surface area contributed by atoms with E-state index in [1.165, 1.54) is 0 Å². The highest BCUT2D eigenvalue weighted by Gasteiger charge is 2.32. The molecule has 2 aliphatic heterocycles. The van der Waals surface area contributed by atoms with E-state index >= 15 is 0 Å². The lowest BCUT2D eigenvalue weighted by Gasteiger charge is -2.37. The SMILES string of the molecule is COCC1(CNC(=O)c2cc(Cl)c3c(c2)OCO3)CCNCC1.Cl. The van der Waals surface area contributed by atoms with Gasteiger partial charge in [-0.1, -0.05) is 11.6 Å². The van der Waals surface area contributed by atoms with Crippen molar-refractivity contribution in [3.8, 4) is 11.5 Å². The minimum absolute atomic E-state index is 0. The molecule has 2 heterocycles. The number of ether oxygens (including phenoxy) is 3. The van der Waals surface area contributed by atoms with Gasteiger partial charge in [0.1, 0.15) is 0 Å². The largest absolute Gasteiger partial charge is 0.454 e. The Morgan fingerprint density at radius 2 is 2.12 bits per heavy atom. The molecule has 0 atom stereocenters. The fourth-order valence-corrected chi connectivity index (χ4v) is 3.37.